The first-order valence-electron chi connectivity index (χ1n) is 15.5. The number of aromatic nitrogens is 2. The molecule has 0 bridgehead atoms. The van der Waals surface area contributed by atoms with E-state index in [0.717, 1.165) is 27.4 Å². The van der Waals surface area contributed by atoms with Gasteiger partial charge < -0.3 is 47.6 Å². The highest BCUT2D eigenvalue weighted by molar-refractivity contribution is 5.95. The van der Waals surface area contributed by atoms with Crippen molar-refractivity contribution in [2.24, 2.45) is 11.5 Å². The fraction of sp³-hybridized carbons (Fsp3) is 0.364. The first-order chi connectivity index (χ1) is 22.6. The largest absolute Gasteiger partial charge is 0.481 e. The van der Waals surface area contributed by atoms with Crippen LogP contribution >= 0.6 is 0 Å². The molecule has 4 rings (SSSR count). The summed E-state index contributed by atoms with van der Waals surface area (Å²) >= 11 is 0. The van der Waals surface area contributed by atoms with Crippen LogP contribution in [0.25, 0.3) is 21.8 Å². The lowest BCUT2D eigenvalue weighted by atomic mass is 10.0. The Morgan fingerprint density at radius 3 is 1.79 bits per heavy atom. The van der Waals surface area contributed by atoms with Crippen molar-refractivity contribution in [1.82, 2.24) is 25.9 Å². The summed E-state index contributed by atoms with van der Waals surface area (Å²) in [5.41, 5.74) is 15.2. The Morgan fingerprint density at radius 1 is 0.681 bits per heavy atom. The van der Waals surface area contributed by atoms with Crippen LogP contribution in [0.1, 0.15) is 43.2 Å². The molecular weight excluding hydrogens is 606 g/mol. The van der Waals surface area contributed by atoms with Gasteiger partial charge >= 0.3 is 11.9 Å². The van der Waals surface area contributed by atoms with Crippen molar-refractivity contribution in [2.75, 3.05) is 6.54 Å². The number of nitrogens with one attached hydrogen (secondary N) is 5. The van der Waals surface area contributed by atoms with E-state index in [1.807, 2.05) is 48.5 Å². The van der Waals surface area contributed by atoms with Gasteiger partial charge in [0.15, 0.2) is 0 Å². The average molecular weight is 648 g/mol. The summed E-state index contributed by atoms with van der Waals surface area (Å²) in [5.74, 6) is -4.65. The topological polar surface area (TPSA) is 246 Å². The molecule has 0 aliphatic heterocycles. The van der Waals surface area contributed by atoms with E-state index in [0.29, 0.717) is 24.9 Å². The Morgan fingerprint density at radius 2 is 1.21 bits per heavy atom. The van der Waals surface area contributed by atoms with Crippen LogP contribution in [0.15, 0.2) is 60.9 Å². The standard InChI is InChI=1S/C33H41N7O7/c34-14-6-5-11-26(38-30(43)23(35)15-19-17-36-24-9-3-1-7-21(19)24)31(44)40-28(16-20-18-37-25-10-4-2-8-22(20)25)32(45)39-27(33(46)47)12-13-29(41)42/h1-4,7-10,17-18,23,26-28,36-37H,5-6,11-16,34-35H2,(H,38,43)(H,39,45)(H,40,44)(H,41,42)(H,46,47). The number of aromatic amines is 2. The van der Waals surface area contributed by atoms with E-state index in [1.54, 1.807) is 12.4 Å². The molecule has 250 valence electrons. The molecule has 4 unspecified atom stereocenters. The molecule has 14 heteroatoms. The zero-order valence-electron chi connectivity index (χ0n) is 25.8. The number of hydrogen-bond donors (Lipinski definition) is 9. The van der Waals surface area contributed by atoms with E-state index in [-0.39, 0.29) is 25.7 Å². The second-order valence-electron chi connectivity index (χ2n) is 11.5. The van der Waals surface area contributed by atoms with Gasteiger partial charge in [0.1, 0.15) is 18.1 Å². The second-order valence-corrected chi connectivity index (χ2v) is 11.5. The highest BCUT2D eigenvalue weighted by Crippen LogP contribution is 2.20. The predicted molar refractivity (Wildman–Crippen MR) is 175 cm³/mol. The first kappa shape index (κ1) is 34.7. The van der Waals surface area contributed by atoms with Gasteiger partial charge in [-0.2, -0.15) is 0 Å². The van der Waals surface area contributed by atoms with E-state index < -0.39 is 60.2 Å². The third kappa shape index (κ3) is 9.40. The van der Waals surface area contributed by atoms with Crippen LogP contribution in [0.2, 0.25) is 0 Å². The number of aliphatic carboxylic acids is 2. The van der Waals surface area contributed by atoms with Gasteiger partial charge in [-0.15, -0.1) is 0 Å². The molecule has 11 N–H and O–H groups in total. The summed E-state index contributed by atoms with van der Waals surface area (Å²) in [6, 6.07) is 10.2. The average Bonchev–Trinajstić information content (AvgIpc) is 3.65. The predicted octanol–water partition coefficient (Wildman–Crippen LogP) is 1.29. The van der Waals surface area contributed by atoms with Crippen molar-refractivity contribution in [1.29, 1.82) is 0 Å². The molecule has 2 heterocycles. The van der Waals surface area contributed by atoms with Crippen LogP contribution in [0.3, 0.4) is 0 Å². The number of carbonyl (C=O) groups excluding carboxylic acids is 3. The van der Waals surface area contributed by atoms with Gasteiger partial charge in [0.05, 0.1) is 6.04 Å². The zero-order chi connectivity index (χ0) is 33.9. The Labute approximate surface area is 270 Å². The smallest absolute Gasteiger partial charge is 0.326 e. The first-order valence-corrected chi connectivity index (χ1v) is 15.5. The summed E-state index contributed by atoms with van der Waals surface area (Å²) in [6.07, 6.45) is 4.15. The molecule has 14 nitrogen and oxygen atoms in total. The van der Waals surface area contributed by atoms with Crippen molar-refractivity contribution in [3.05, 3.63) is 72.1 Å². The van der Waals surface area contributed by atoms with E-state index in [2.05, 4.69) is 25.9 Å². The van der Waals surface area contributed by atoms with Gasteiger partial charge in [0.2, 0.25) is 17.7 Å². The zero-order valence-corrected chi connectivity index (χ0v) is 25.8. The maximum Gasteiger partial charge on any atom is 0.326 e. The lowest BCUT2D eigenvalue weighted by Gasteiger charge is -2.25. The summed E-state index contributed by atoms with van der Waals surface area (Å²) in [7, 11) is 0. The number of hydrogen-bond acceptors (Lipinski definition) is 7. The maximum atomic E-state index is 13.7. The van der Waals surface area contributed by atoms with Gasteiger partial charge in [0, 0.05) is 47.0 Å². The molecular formula is C33H41N7O7. The summed E-state index contributed by atoms with van der Waals surface area (Å²) in [6.45, 7) is 0.376. The Kier molecular flexibility index (Phi) is 12.1. The summed E-state index contributed by atoms with van der Waals surface area (Å²) < 4.78 is 0. The van der Waals surface area contributed by atoms with E-state index in [1.165, 1.54) is 0 Å². The van der Waals surface area contributed by atoms with Gasteiger partial charge in [-0.3, -0.25) is 19.2 Å². The maximum absolute atomic E-state index is 13.7. The number of carboxylic acids is 2. The number of nitrogens with two attached hydrogens (primary N) is 2. The third-order valence-corrected chi connectivity index (χ3v) is 8.02. The van der Waals surface area contributed by atoms with Crippen LogP contribution in [-0.2, 0) is 36.8 Å². The molecule has 3 amide bonds. The number of carbonyl (C=O) groups is 5. The highest BCUT2D eigenvalue weighted by Gasteiger charge is 2.31. The summed E-state index contributed by atoms with van der Waals surface area (Å²) in [5, 5.41) is 28.2. The highest BCUT2D eigenvalue weighted by atomic mass is 16.4. The molecule has 0 spiro atoms. The van der Waals surface area contributed by atoms with E-state index in [4.69, 9.17) is 16.6 Å². The number of amides is 3. The van der Waals surface area contributed by atoms with Crippen molar-refractivity contribution >= 4 is 51.5 Å². The molecule has 0 saturated heterocycles. The van der Waals surface area contributed by atoms with Crippen molar-refractivity contribution in [3.63, 3.8) is 0 Å². The number of H-pyrrole nitrogens is 2. The number of carboxylic acid groups (broad SMARTS) is 2. The lowest BCUT2D eigenvalue weighted by Crippen LogP contribution is -2.57. The normalized spacial score (nSPS) is 13.8. The van der Waals surface area contributed by atoms with E-state index in [9.17, 15) is 29.1 Å². The summed E-state index contributed by atoms with van der Waals surface area (Å²) in [4.78, 5) is 69.7. The van der Waals surface area contributed by atoms with Crippen LogP contribution in [0.5, 0.6) is 0 Å². The molecule has 4 aromatic rings. The molecule has 0 fully saturated rings. The number of unbranched alkanes of at least 4 members (excludes halogenated alkanes) is 1. The van der Waals surface area contributed by atoms with Gasteiger partial charge in [0.25, 0.3) is 0 Å². The van der Waals surface area contributed by atoms with Crippen LogP contribution in [0, 0.1) is 0 Å². The van der Waals surface area contributed by atoms with Gasteiger partial charge in [-0.1, -0.05) is 36.4 Å². The molecule has 47 heavy (non-hydrogen) atoms. The molecule has 2 aromatic carbocycles. The molecule has 4 atom stereocenters. The minimum Gasteiger partial charge on any atom is -0.481 e. The van der Waals surface area contributed by atoms with Crippen molar-refractivity contribution < 1.29 is 34.2 Å². The van der Waals surface area contributed by atoms with Crippen LogP contribution < -0.4 is 27.4 Å². The van der Waals surface area contributed by atoms with Crippen molar-refractivity contribution in [2.45, 2.75) is 69.1 Å². The molecule has 0 aliphatic carbocycles. The Balaban J connectivity index is 1.53. The minimum atomic E-state index is -1.50. The fourth-order valence-corrected chi connectivity index (χ4v) is 5.47. The minimum absolute atomic E-state index is 0.0175. The Bertz CT molecular complexity index is 1720. The molecule has 2 aromatic heterocycles. The molecule has 0 saturated carbocycles. The third-order valence-electron chi connectivity index (χ3n) is 8.02. The quantitative estimate of drug-likeness (QED) is 0.0705. The van der Waals surface area contributed by atoms with Crippen molar-refractivity contribution in [3.8, 4) is 0 Å². The van der Waals surface area contributed by atoms with E-state index >= 15 is 0 Å². The Hall–Kier alpha value is -5.21. The second kappa shape index (κ2) is 16.4. The van der Waals surface area contributed by atoms with Crippen LogP contribution in [-0.4, -0.2) is 80.6 Å². The lowest BCUT2D eigenvalue weighted by molar-refractivity contribution is -0.143. The number of para-hydroxylation sites is 2. The molecule has 0 aliphatic rings. The monoisotopic (exact) mass is 647 g/mol. The van der Waals surface area contributed by atoms with Gasteiger partial charge in [-0.05, 0) is 61.9 Å². The number of benzene rings is 2. The van der Waals surface area contributed by atoms with Gasteiger partial charge in [-0.25, -0.2) is 4.79 Å². The van der Waals surface area contributed by atoms with Crippen LogP contribution in [0.4, 0.5) is 0 Å². The molecule has 0 radical (unpaired) electrons. The number of fused-ring (bicyclic) bond motifs is 2. The number of rotatable bonds is 18. The SMILES string of the molecule is NCCCCC(NC(=O)C(N)Cc1c[nH]c2ccccc12)C(=O)NC(Cc1c[nH]c2ccccc12)C(=O)NC(CCC(=O)O)C(=O)O. The fourth-order valence-electron chi connectivity index (χ4n) is 5.47.